The first-order valence-corrected chi connectivity index (χ1v) is 6.47. The zero-order chi connectivity index (χ0) is 11.4. The molecule has 1 fully saturated rings. The quantitative estimate of drug-likeness (QED) is 0.775. The van der Waals surface area contributed by atoms with Crippen molar-refractivity contribution in [2.75, 3.05) is 19.6 Å². The van der Waals surface area contributed by atoms with Gasteiger partial charge in [0, 0.05) is 25.7 Å². The topological polar surface area (TPSA) is 29.3 Å². The second-order valence-electron chi connectivity index (χ2n) is 5.92. The maximum Gasteiger partial charge on any atom is 0.0221 e. The fourth-order valence-corrected chi connectivity index (χ4v) is 2.95. The Morgan fingerprint density at radius 3 is 2.13 bits per heavy atom. The van der Waals surface area contributed by atoms with E-state index in [4.69, 9.17) is 5.73 Å². The molecule has 1 aliphatic rings. The summed E-state index contributed by atoms with van der Waals surface area (Å²) in [6.07, 6.45) is 2.63. The van der Waals surface area contributed by atoms with Crippen molar-refractivity contribution in [3.8, 4) is 0 Å². The third-order valence-corrected chi connectivity index (χ3v) is 3.43. The van der Waals surface area contributed by atoms with E-state index in [2.05, 4.69) is 32.6 Å². The van der Waals surface area contributed by atoms with Crippen molar-refractivity contribution in [2.24, 2.45) is 23.5 Å². The number of nitrogens with zero attached hydrogens (tertiary/aromatic N) is 1. The summed E-state index contributed by atoms with van der Waals surface area (Å²) in [6, 6.07) is 0.607. The van der Waals surface area contributed by atoms with Crippen LogP contribution in [0.4, 0.5) is 0 Å². The van der Waals surface area contributed by atoms with E-state index < -0.39 is 0 Å². The monoisotopic (exact) mass is 212 g/mol. The van der Waals surface area contributed by atoms with Crippen LogP contribution >= 0.6 is 0 Å². The van der Waals surface area contributed by atoms with E-state index in [1.54, 1.807) is 0 Å². The molecule has 0 aromatic carbocycles. The van der Waals surface area contributed by atoms with Crippen LogP contribution in [0.25, 0.3) is 0 Å². The molecule has 0 saturated carbocycles. The molecule has 0 spiro atoms. The Kier molecular flexibility index (Phi) is 5.07. The van der Waals surface area contributed by atoms with Gasteiger partial charge in [-0.3, -0.25) is 4.90 Å². The van der Waals surface area contributed by atoms with Crippen molar-refractivity contribution in [1.29, 1.82) is 0 Å². The molecule has 2 heteroatoms. The number of hydrogen-bond acceptors (Lipinski definition) is 2. The first-order valence-electron chi connectivity index (χ1n) is 6.47. The highest BCUT2D eigenvalue weighted by Crippen LogP contribution is 2.24. The van der Waals surface area contributed by atoms with Crippen LogP contribution in [0.3, 0.4) is 0 Å². The summed E-state index contributed by atoms with van der Waals surface area (Å²) in [5.74, 6) is 2.44. The summed E-state index contributed by atoms with van der Waals surface area (Å²) >= 11 is 0. The van der Waals surface area contributed by atoms with Gasteiger partial charge in [-0.05, 0) is 30.6 Å². The lowest BCUT2D eigenvalue weighted by molar-refractivity contribution is 0.0880. The van der Waals surface area contributed by atoms with Crippen LogP contribution in [0.5, 0.6) is 0 Å². The molecule has 0 bridgehead atoms. The molecule has 0 aliphatic carbocycles. The molecular formula is C13H28N2. The first kappa shape index (κ1) is 13.0. The van der Waals surface area contributed by atoms with Gasteiger partial charge in [0.1, 0.15) is 0 Å². The average molecular weight is 212 g/mol. The summed E-state index contributed by atoms with van der Waals surface area (Å²) in [5.41, 5.74) is 5.90. The third kappa shape index (κ3) is 4.12. The van der Waals surface area contributed by atoms with E-state index in [1.807, 2.05) is 0 Å². The average Bonchev–Trinajstić information content (AvgIpc) is 2.12. The van der Waals surface area contributed by atoms with Gasteiger partial charge in [-0.1, -0.05) is 27.7 Å². The molecule has 15 heavy (non-hydrogen) atoms. The summed E-state index contributed by atoms with van der Waals surface area (Å²) in [5, 5.41) is 0. The minimum atomic E-state index is 0.607. The zero-order valence-electron chi connectivity index (χ0n) is 10.9. The zero-order valence-corrected chi connectivity index (χ0v) is 10.9. The van der Waals surface area contributed by atoms with E-state index in [1.165, 1.54) is 25.9 Å². The van der Waals surface area contributed by atoms with Crippen molar-refractivity contribution in [3.05, 3.63) is 0 Å². The molecule has 2 N–H and O–H groups in total. The van der Waals surface area contributed by atoms with Crippen molar-refractivity contribution in [3.63, 3.8) is 0 Å². The Morgan fingerprint density at radius 2 is 1.73 bits per heavy atom. The van der Waals surface area contributed by atoms with Gasteiger partial charge in [0.2, 0.25) is 0 Å². The molecule has 0 aromatic rings. The lowest BCUT2D eigenvalue weighted by Gasteiger charge is -2.40. The van der Waals surface area contributed by atoms with Crippen molar-refractivity contribution >= 4 is 0 Å². The molecule has 0 radical (unpaired) electrons. The summed E-state index contributed by atoms with van der Waals surface area (Å²) in [7, 11) is 0. The number of piperidine rings is 1. The first-order chi connectivity index (χ1) is 7.02. The van der Waals surface area contributed by atoms with Crippen molar-refractivity contribution in [1.82, 2.24) is 4.90 Å². The van der Waals surface area contributed by atoms with Crippen molar-refractivity contribution in [2.45, 2.75) is 46.6 Å². The molecule has 1 saturated heterocycles. The van der Waals surface area contributed by atoms with Crippen LogP contribution in [0.2, 0.25) is 0 Å². The maximum absolute atomic E-state index is 5.90. The highest BCUT2D eigenvalue weighted by molar-refractivity contribution is 4.81. The Bertz CT molecular complexity index is 169. The van der Waals surface area contributed by atoms with Crippen LogP contribution < -0.4 is 5.73 Å². The van der Waals surface area contributed by atoms with Gasteiger partial charge in [-0.15, -0.1) is 0 Å². The predicted octanol–water partition coefficient (Wildman–Crippen LogP) is 2.34. The highest BCUT2D eigenvalue weighted by Gasteiger charge is 2.26. The van der Waals surface area contributed by atoms with Crippen LogP contribution in [0.1, 0.15) is 40.5 Å². The predicted molar refractivity (Wildman–Crippen MR) is 66.8 cm³/mol. The van der Waals surface area contributed by atoms with Gasteiger partial charge in [0.15, 0.2) is 0 Å². The Morgan fingerprint density at radius 1 is 1.20 bits per heavy atom. The molecule has 1 rings (SSSR count). The molecule has 3 unspecified atom stereocenters. The molecule has 1 aliphatic heterocycles. The van der Waals surface area contributed by atoms with Gasteiger partial charge < -0.3 is 5.73 Å². The normalized spacial score (nSPS) is 30.8. The number of hydrogen-bond donors (Lipinski definition) is 1. The smallest absolute Gasteiger partial charge is 0.0221 e. The second-order valence-corrected chi connectivity index (χ2v) is 5.92. The van der Waals surface area contributed by atoms with Gasteiger partial charge >= 0.3 is 0 Å². The number of rotatable bonds is 4. The summed E-state index contributed by atoms with van der Waals surface area (Å²) in [4.78, 5) is 2.62. The Labute approximate surface area is 95.2 Å². The minimum absolute atomic E-state index is 0.607. The lowest BCUT2D eigenvalue weighted by atomic mass is 9.89. The van der Waals surface area contributed by atoms with E-state index in [-0.39, 0.29) is 0 Å². The van der Waals surface area contributed by atoms with Gasteiger partial charge in [-0.25, -0.2) is 0 Å². The number of nitrogens with two attached hydrogens (primary N) is 1. The highest BCUT2D eigenvalue weighted by atomic mass is 15.2. The molecule has 1 heterocycles. The molecule has 0 aromatic heterocycles. The molecule has 0 amide bonds. The fraction of sp³-hybridized carbons (Fsp3) is 1.00. The summed E-state index contributed by atoms with van der Waals surface area (Å²) < 4.78 is 0. The van der Waals surface area contributed by atoms with E-state index >= 15 is 0 Å². The van der Waals surface area contributed by atoms with Gasteiger partial charge in [0.05, 0.1) is 0 Å². The number of likely N-dealkylation sites (tertiary alicyclic amines) is 1. The largest absolute Gasteiger partial charge is 0.329 e. The Balaban J connectivity index is 2.51. The SMILES string of the molecule is CC(C)CC(CN)N1CC(C)CC(C)C1. The fourth-order valence-electron chi connectivity index (χ4n) is 2.95. The van der Waals surface area contributed by atoms with Crippen LogP contribution in [0.15, 0.2) is 0 Å². The van der Waals surface area contributed by atoms with E-state index in [0.717, 1.165) is 24.3 Å². The van der Waals surface area contributed by atoms with Crippen LogP contribution in [0, 0.1) is 17.8 Å². The van der Waals surface area contributed by atoms with Gasteiger partial charge in [0.25, 0.3) is 0 Å². The van der Waals surface area contributed by atoms with E-state index in [9.17, 15) is 0 Å². The van der Waals surface area contributed by atoms with Crippen molar-refractivity contribution < 1.29 is 0 Å². The third-order valence-electron chi connectivity index (χ3n) is 3.43. The molecule has 2 nitrogen and oxygen atoms in total. The summed E-state index contributed by atoms with van der Waals surface area (Å²) in [6.45, 7) is 12.6. The molecule has 3 atom stereocenters. The maximum atomic E-state index is 5.90. The lowest BCUT2D eigenvalue weighted by Crippen LogP contribution is -2.48. The van der Waals surface area contributed by atoms with Crippen LogP contribution in [-0.4, -0.2) is 30.6 Å². The molecule has 90 valence electrons. The Hall–Kier alpha value is -0.0800. The molecular weight excluding hydrogens is 184 g/mol. The minimum Gasteiger partial charge on any atom is -0.329 e. The van der Waals surface area contributed by atoms with E-state index in [0.29, 0.717) is 6.04 Å². The van der Waals surface area contributed by atoms with Crippen LogP contribution in [-0.2, 0) is 0 Å². The standard InChI is InChI=1S/C13H28N2/c1-10(2)5-13(7-14)15-8-11(3)6-12(4)9-15/h10-13H,5-9,14H2,1-4H3. The second kappa shape index (κ2) is 5.86. The van der Waals surface area contributed by atoms with Gasteiger partial charge in [-0.2, -0.15) is 0 Å².